The van der Waals surface area contributed by atoms with Gasteiger partial charge >= 0.3 is 0 Å². The largest absolute Gasteiger partial charge is 0.396 e. The number of benzene rings is 1. The Bertz CT molecular complexity index is 851. The van der Waals surface area contributed by atoms with E-state index in [1.807, 2.05) is 4.90 Å². The number of unbranched alkanes of at least 4 members (excludes halogenated alkanes) is 1. The maximum Gasteiger partial charge on any atom is 0.246 e. The first kappa shape index (κ1) is 26.0. The summed E-state index contributed by atoms with van der Waals surface area (Å²) < 4.78 is 0. The highest BCUT2D eigenvalue weighted by Crippen LogP contribution is 2.23. The molecule has 2 N–H and O–H groups in total. The third-order valence-corrected chi connectivity index (χ3v) is 7.17. The van der Waals surface area contributed by atoms with Crippen molar-refractivity contribution in [2.24, 2.45) is 5.92 Å². The van der Waals surface area contributed by atoms with Crippen LogP contribution >= 0.6 is 23.2 Å². The first-order valence-electron chi connectivity index (χ1n) is 11.6. The molecule has 2 atom stereocenters. The van der Waals surface area contributed by atoms with Crippen LogP contribution in [0.25, 0.3) is 6.08 Å². The number of nitrogens with zero attached hydrogens (tertiary/aromatic N) is 3. The summed E-state index contributed by atoms with van der Waals surface area (Å²) in [5, 5.41) is 20.2. The van der Waals surface area contributed by atoms with Gasteiger partial charge in [-0.1, -0.05) is 29.3 Å². The van der Waals surface area contributed by atoms with Crippen LogP contribution in [0, 0.1) is 5.92 Å². The van der Waals surface area contributed by atoms with Crippen LogP contribution in [0.5, 0.6) is 0 Å². The summed E-state index contributed by atoms with van der Waals surface area (Å²) in [5.74, 6) is -0.109. The van der Waals surface area contributed by atoms with Gasteiger partial charge in [-0.25, -0.2) is 0 Å². The minimum atomic E-state index is -0.412. The highest BCUT2D eigenvalue weighted by atomic mass is 35.5. The third-order valence-electron chi connectivity index (χ3n) is 6.43. The number of aliphatic hydroxyl groups excluding tert-OH is 2. The van der Waals surface area contributed by atoms with Crippen molar-refractivity contribution in [3.63, 3.8) is 0 Å². The molecule has 0 radical (unpaired) electrons. The molecule has 2 amide bonds. The number of likely N-dealkylation sites (tertiary alicyclic amines) is 1. The van der Waals surface area contributed by atoms with Crippen molar-refractivity contribution >= 4 is 41.1 Å². The smallest absolute Gasteiger partial charge is 0.246 e. The average Bonchev–Trinajstić information content (AvgIpc) is 2.99. The van der Waals surface area contributed by atoms with Gasteiger partial charge in [-0.05, 0) is 49.6 Å². The molecule has 33 heavy (non-hydrogen) atoms. The molecule has 7 nitrogen and oxygen atoms in total. The van der Waals surface area contributed by atoms with E-state index in [2.05, 4.69) is 4.90 Å². The lowest BCUT2D eigenvalue weighted by atomic mass is 9.95. The van der Waals surface area contributed by atoms with Crippen LogP contribution in [-0.2, 0) is 9.59 Å². The SMILES string of the molecule is O=C(C=Cc1ccc(Cl)c(Cl)c1)N1CCC(=O)N(CCCCN2CCC(O)C(CO)C2)CC1. The molecule has 0 bridgehead atoms. The fourth-order valence-corrected chi connectivity index (χ4v) is 4.63. The van der Waals surface area contributed by atoms with E-state index in [1.54, 1.807) is 29.2 Å². The fourth-order valence-electron chi connectivity index (χ4n) is 4.33. The molecule has 2 aliphatic heterocycles. The molecule has 0 saturated carbocycles. The topological polar surface area (TPSA) is 84.3 Å². The lowest BCUT2D eigenvalue weighted by molar-refractivity contribution is -0.130. The van der Waals surface area contributed by atoms with E-state index in [9.17, 15) is 19.8 Å². The molecule has 2 saturated heterocycles. The number of carbonyl (C=O) groups is 2. The Morgan fingerprint density at radius 3 is 2.64 bits per heavy atom. The molecule has 0 aromatic heterocycles. The van der Waals surface area contributed by atoms with E-state index in [0.29, 0.717) is 55.6 Å². The molecule has 2 aliphatic rings. The number of carbonyl (C=O) groups excluding carboxylic acids is 2. The Morgan fingerprint density at radius 2 is 1.88 bits per heavy atom. The standard InChI is InChI=1S/C24H33Cl2N3O4/c25-20-5-3-18(15-21(20)26)4-6-23(32)29-12-8-24(33)28(13-14-29)10-2-1-9-27-11-7-22(31)19(16-27)17-30/h3-6,15,19,22,30-31H,1-2,7-14,16-17H2. The number of piperidine rings is 1. The zero-order chi connectivity index (χ0) is 23.8. The van der Waals surface area contributed by atoms with Crippen LogP contribution in [0.15, 0.2) is 24.3 Å². The zero-order valence-electron chi connectivity index (χ0n) is 18.8. The normalized spacial score (nSPS) is 22.7. The summed E-state index contributed by atoms with van der Waals surface area (Å²) in [6.07, 6.45) is 5.66. The van der Waals surface area contributed by atoms with Gasteiger partial charge in [-0.2, -0.15) is 0 Å². The van der Waals surface area contributed by atoms with E-state index in [1.165, 1.54) is 6.08 Å². The number of rotatable bonds is 8. The summed E-state index contributed by atoms with van der Waals surface area (Å²) in [7, 11) is 0. The monoisotopic (exact) mass is 497 g/mol. The number of amides is 2. The molecule has 9 heteroatoms. The Morgan fingerprint density at radius 1 is 1.09 bits per heavy atom. The van der Waals surface area contributed by atoms with Crippen LogP contribution in [0.2, 0.25) is 10.0 Å². The predicted octanol–water partition coefficient (Wildman–Crippen LogP) is 2.52. The number of halogens is 2. The number of aliphatic hydroxyl groups is 2. The van der Waals surface area contributed by atoms with Gasteiger partial charge in [-0.15, -0.1) is 0 Å². The molecular formula is C24H33Cl2N3O4. The minimum Gasteiger partial charge on any atom is -0.396 e. The van der Waals surface area contributed by atoms with Crippen LogP contribution in [-0.4, -0.2) is 95.3 Å². The van der Waals surface area contributed by atoms with Crippen molar-refractivity contribution in [1.82, 2.24) is 14.7 Å². The second kappa shape index (κ2) is 12.7. The van der Waals surface area contributed by atoms with Crippen LogP contribution in [0.1, 0.15) is 31.2 Å². The van der Waals surface area contributed by atoms with Crippen LogP contribution in [0.4, 0.5) is 0 Å². The third kappa shape index (κ3) is 7.69. The molecule has 0 spiro atoms. The van der Waals surface area contributed by atoms with E-state index in [-0.39, 0.29) is 24.3 Å². The van der Waals surface area contributed by atoms with Gasteiger partial charge in [0.25, 0.3) is 0 Å². The van der Waals surface area contributed by atoms with Crippen molar-refractivity contribution in [3.05, 3.63) is 39.9 Å². The number of hydrogen-bond acceptors (Lipinski definition) is 5. The quantitative estimate of drug-likeness (QED) is 0.425. The highest BCUT2D eigenvalue weighted by Gasteiger charge is 2.27. The van der Waals surface area contributed by atoms with Gasteiger partial charge in [0.2, 0.25) is 11.8 Å². The van der Waals surface area contributed by atoms with E-state index >= 15 is 0 Å². The Hall–Kier alpha value is -1.64. The molecule has 3 rings (SSSR count). The second-order valence-electron chi connectivity index (χ2n) is 8.77. The lowest BCUT2D eigenvalue weighted by Gasteiger charge is -2.35. The Balaban J connectivity index is 1.41. The molecule has 2 heterocycles. The zero-order valence-corrected chi connectivity index (χ0v) is 20.3. The Labute approximate surface area is 205 Å². The van der Waals surface area contributed by atoms with Crippen molar-refractivity contribution in [3.8, 4) is 0 Å². The van der Waals surface area contributed by atoms with Gasteiger partial charge < -0.3 is 24.9 Å². The van der Waals surface area contributed by atoms with Gasteiger partial charge in [0.15, 0.2) is 0 Å². The predicted molar refractivity (Wildman–Crippen MR) is 130 cm³/mol. The van der Waals surface area contributed by atoms with Crippen LogP contribution < -0.4 is 0 Å². The molecule has 0 aliphatic carbocycles. The first-order chi connectivity index (χ1) is 15.9. The van der Waals surface area contributed by atoms with Crippen molar-refractivity contribution in [1.29, 1.82) is 0 Å². The van der Waals surface area contributed by atoms with Crippen LogP contribution in [0.3, 0.4) is 0 Å². The molecular weight excluding hydrogens is 465 g/mol. The van der Waals surface area contributed by atoms with Gasteiger partial charge in [0.05, 0.1) is 16.1 Å². The van der Waals surface area contributed by atoms with Crippen molar-refractivity contribution < 1.29 is 19.8 Å². The summed E-state index contributed by atoms with van der Waals surface area (Å²) in [4.78, 5) is 31.0. The van der Waals surface area contributed by atoms with E-state index in [4.69, 9.17) is 23.2 Å². The molecule has 1 aromatic carbocycles. The maximum absolute atomic E-state index is 12.6. The van der Waals surface area contributed by atoms with Gasteiger partial charge in [0.1, 0.15) is 0 Å². The van der Waals surface area contributed by atoms with Gasteiger partial charge in [0, 0.05) is 64.3 Å². The average molecular weight is 498 g/mol. The summed E-state index contributed by atoms with van der Waals surface area (Å²) in [5.41, 5.74) is 0.791. The second-order valence-corrected chi connectivity index (χ2v) is 9.58. The minimum absolute atomic E-state index is 0.0117. The first-order valence-corrected chi connectivity index (χ1v) is 12.3. The molecule has 2 unspecified atom stereocenters. The lowest BCUT2D eigenvalue weighted by Crippen LogP contribution is -2.45. The maximum atomic E-state index is 12.6. The summed E-state index contributed by atoms with van der Waals surface area (Å²) in [6.45, 7) is 4.61. The van der Waals surface area contributed by atoms with Gasteiger partial charge in [-0.3, -0.25) is 9.59 Å². The van der Waals surface area contributed by atoms with E-state index in [0.717, 1.165) is 31.5 Å². The molecule has 1 aromatic rings. The highest BCUT2D eigenvalue weighted by molar-refractivity contribution is 6.42. The van der Waals surface area contributed by atoms with E-state index < -0.39 is 6.10 Å². The summed E-state index contributed by atoms with van der Waals surface area (Å²) >= 11 is 11.9. The fraction of sp³-hybridized carbons (Fsp3) is 0.583. The molecule has 2 fully saturated rings. The summed E-state index contributed by atoms with van der Waals surface area (Å²) in [6, 6.07) is 5.19. The van der Waals surface area contributed by atoms with Crippen molar-refractivity contribution in [2.45, 2.75) is 31.8 Å². The number of hydrogen-bond donors (Lipinski definition) is 2. The Kier molecular flexibility index (Phi) is 10.0. The molecule has 182 valence electrons. The van der Waals surface area contributed by atoms with Crippen molar-refractivity contribution in [2.75, 3.05) is 52.4 Å².